The molecule has 2 rings (SSSR count). The molecule has 2 aromatic rings. The summed E-state index contributed by atoms with van der Waals surface area (Å²) in [5.74, 6) is -0.388. The Balaban J connectivity index is 2.08. The SMILES string of the molecule is CNc1nnc(C(=O)Nc2nc(C)co2)s1. The van der Waals surface area contributed by atoms with Gasteiger partial charge in [0.15, 0.2) is 0 Å². The Hall–Kier alpha value is -1.96. The molecule has 0 fully saturated rings. The maximum Gasteiger partial charge on any atom is 0.301 e. The van der Waals surface area contributed by atoms with Crippen LogP contribution >= 0.6 is 11.3 Å². The highest BCUT2D eigenvalue weighted by Gasteiger charge is 2.14. The third-order valence-corrected chi connectivity index (χ3v) is 2.61. The lowest BCUT2D eigenvalue weighted by atomic mass is 10.6. The lowest BCUT2D eigenvalue weighted by Crippen LogP contribution is -2.11. The van der Waals surface area contributed by atoms with E-state index in [1.165, 1.54) is 6.26 Å². The van der Waals surface area contributed by atoms with Crippen LogP contribution in [0.15, 0.2) is 10.7 Å². The molecule has 0 atom stereocenters. The predicted octanol–water partition coefficient (Wildman–Crippen LogP) is 1.13. The number of carbonyl (C=O) groups is 1. The van der Waals surface area contributed by atoms with E-state index in [0.29, 0.717) is 10.8 Å². The van der Waals surface area contributed by atoms with Crippen molar-refractivity contribution >= 4 is 28.4 Å². The number of nitrogens with zero attached hydrogens (tertiary/aromatic N) is 3. The first-order valence-electron chi connectivity index (χ1n) is 4.44. The first kappa shape index (κ1) is 10.6. The molecule has 0 saturated carbocycles. The molecular formula is C8H9N5O2S. The number of anilines is 2. The first-order chi connectivity index (χ1) is 7.69. The summed E-state index contributed by atoms with van der Waals surface area (Å²) in [5, 5.41) is 13.6. The Morgan fingerprint density at radius 1 is 1.50 bits per heavy atom. The number of rotatable bonds is 3. The van der Waals surface area contributed by atoms with E-state index in [-0.39, 0.29) is 16.9 Å². The Kier molecular flexibility index (Phi) is 2.82. The number of hydrogen-bond donors (Lipinski definition) is 2. The van der Waals surface area contributed by atoms with E-state index in [4.69, 9.17) is 4.42 Å². The second-order valence-corrected chi connectivity index (χ2v) is 3.89. The van der Waals surface area contributed by atoms with Crippen LogP contribution in [0.5, 0.6) is 0 Å². The van der Waals surface area contributed by atoms with Crippen LogP contribution in [0, 0.1) is 6.92 Å². The number of nitrogens with one attached hydrogen (secondary N) is 2. The molecule has 16 heavy (non-hydrogen) atoms. The van der Waals surface area contributed by atoms with Gasteiger partial charge in [0.25, 0.3) is 5.91 Å². The minimum Gasteiger partial charge on any atom is -0.432 e. The summed E-state index contributed by atoms with van der Waals surface area (Å²) < 4.78 is 4.99. The summed E-state index contributed by atoms with van der Waals surface area (Å²) in [6.45, 7) is 1.77. The van der Waals surface area contributed by atoms with Crippen molar-refractivity contribution in [2.75, 3.05) is 17.7 Å². The van der Waals surface area contributed by atoms with Crippen LogP contribution in [-0.2, 0) is 0 Å². The van der Waals surface area contributed by atoms with Crippen LogP contribution in [-0.4, -0.2) is 28.1 Å². The fourth-order valence-corrected chi connectivity index (χ4v) is 1.57. The smallest absolute Gasteiger partial charge is 0.301 e. The van der Waals surface area contributed by atoms with Gasteiger partial charge >= 0.3 is 6.01 Å². The maximum absolute atomic E-state index is 11.6. The summed E-state index contributed by atoms with van der Waals surface area (Å²) >= 11 is 1.15. The molecule has 0 radical (unpaired) electrons. The highest BCUT2D eigenvalue weighted by molar-refractivity contribution is 7.17. The van der Waals surface area contributed by atoms with Gasteiger partial charge in [-0.2, -0.15) is 4.98 Å². The van der Waals surface area contributed by atoms with Gasteiger partial charge in [0.1, 0.15) is 6.26 Å². The van der Waals surface area contributed by atoms with Crippen LogP contribution < -0.4 is 10.6 Å². The van der Waals surface area contributed by atoms with Crippen LogP contribution in [0.3, 0.4) is 0 Å². The first-order valence-corrected chi connectivity index (χ1v) is 5.25. The summed E-state index contributed by atoms with van der Waals surface area (Å²) in [7, 11) is 1.71. The lowest BCUT2D eigenvalue weighted by Gasteiger charge is -1.94. The van der Waals surface area contributed by atoms with Crippen molar-refractivity contribution in [2.45, 2.75) is 6.92 Å². The van der Waals surface area contributed by atoms with Crippen LogP contribution in [0.25, 0.3) is 0 Å². The number of aromatic nitrogens is 3. The van der Waals surface area contributed by atoms with Gasteiger partial charge in [-0.3, -0.25) is 10.1 Å². The molecule has 0 spiro atoms. The molecule has 84 valence electrons. The molecular weight excluding hydrogens is 230 g/mol. The average molecular weight is 239 g/mol. The van der Waals surface area contributed by atoms with Crippen molar-refractivity contribution in [1.29, 1.82) is 0 Å². The van der Waals surface area contributed by atoms with Crippen molar-refractivity contribution in [1.82, 2.24) is 15.2 Å². The van der Waals surface area contributed by atoms with Crippen molar-refractivity contribution in [3.05, 3.63) is 17.0 Å². The van der Waals surface area contributed by atoms with Crippen molar-refractivity contribution in [2.24, 2.45) is 0 Å². The second kappa shape index (κ2) is 4.27. The molecule has 0 aliphatic carbocycles. The normalized spacial score (nSPS) is 10.1. The molecule has 0 aliphatic rings. The van der Waals surface area contributed by atoms with Gasteiger partial charge in [-0.15, -0.1) is 10.2 Å². The monoisotopic (exact) mass is 239 g/mol. The molecule has 8 heteroatoms. The second-order valence-electron chi connectivity index (χ2n) is 2.91. The molecule has 0 aliphatic heterocycles. The molecule has 2 heterocycles. The molecule has 7 nitrogen and oxygen atoms in total. The Morgan fingerprint density at radius 3 is 2.88 bits per heavy atom. The van der Waals surface area contributed by atoms with Crippen LogP contribution in [0.1, 0.15) is 15.5 Å². The largest absolute Gasteiger partial charge is 0.432 e. The van der Waals surface area contributed by atoms with Crippen molar-refractivity contribution in [3.8, 4) is 0 Å². The van der Waals surface area contributed by atoms with E-state index < -0.39 is 0 Å². The van der Waals surface area contributed by atoms with Gasteiger partial charge in [-0.1, -0.05) is 11.3 Å². The summed E-state index contributed by atoms with van der Waals surface area (Å²) in [6.07, 6.45) is 1.45. The standard InChI is InChI=1S/C8H9N5O2S/c1-4-3-15-7(10-4)11-5(14)6-12-13-8(9-2)16-6/h3H,1-2H3,(H,9,13)(H,10,11,14). The number of hydrogen-bond acceptors (Lipinski definition) is 7. The Morgan fingerprint density at radius 2 is 2.31 bits per heavy atom. The summed E-state index contributed by atoms with van der Waals surface area (Å²) in [5.41, 5.74) is 0.698. The number of amides is 1. The third-order valence-electron chi connectivity index (χ3n) is 1.67. The minimum atomic E-state index is -0.388. The molecule has 0 aromatic carbocycles. The highest BCUT2D eigenvalue weighted by Crippen LogP contribution is 2.15. The topological polar surface area (TPSA) is 92.9 Å². The van der Waals surface area contributed by atoms with Gasteiger partial charge in [-0.25, -0.2) is 0 Å². The lowest BCUT2D eigenvalue weighted by molar-refractivity contribution is 0.102. The summed E-state index contributed by atoms with van der Waals surface area (Å²) in [6, 6.07) is 0.156. The van der Waals surface area contributed by atoms with Crippen LogP contribution in [0.4, 0.5) is 11.1 Å². The minimum absolute atomic E-state index is 0.156. The van der Waals surface area contributed by atoms with Gasteiger partial charge < -0.3 is 9.73 Å². The summed E-state index contributed by atoms with van der Waals surface area (Å²) in [4.78, 5) is 15.6. The zero-order valence-corrected chi connectivity index (χ0v) is 9.46. The van der Waals surface area contributed by atoms with Crippen molar-refractivity contribution < 1.29 is 9.21 Å². The number of carbonyl (C=O) groups excluding carboxylic acids is 1. The molecule has 0 saturated heterocycles. The average Bonchev–Trinajstić information content (AvgIpc) is 2.87. The molecule has 2 N–H and O–H groups in total. The van der Waals surface area contributed by atoms with E-state index in [9.17, 15) is 4.79 Å². The van der Waals surface area contributed by atoms with Crippen LogP contribution in [0.2, 0.25) is 0 Å². The zero-order valence-electron chi connectivity index (χ0n) is 8.64. The highest BCUT2D eigenvalue weighted by atomic mass is 32.1. The molecule has 0 bridgehead atoms. The van der Waals surface area contributed by atoms with E-state index in [2.05, 4.69) is 25.8 Å². The Labute approximate surface area is 94.9 Å². The van der Waals surface area contributed by atoms with Gasteiger partial charge in [0.2, 0.25) is 10.1 Å². The molecule has 0 unspecified atom stereocenters. The predicted molar refractivity (Wildman–Crippen MR) is 58.6 cm³/mol. The van der Waals surface area contributed by atoms with Gasteiger partial charge in [0, 0.05) is 7.05 Å². The van der Waals surface area contributed by atoms with E-state index in [1.807, 2.05) is 0 Å². The zero-order chi connectivity index (χ0) is 11.5. The molecule has 2 aromatic heterocycles. The third kappa shape index (κ3) is 2.16. The van der Waals surface area contributed by atoms with E-state index >= 15 is 0 Å². The number of aryl methyl sites for hydroxylation is 1. The maximum atomic E-state index is 11.6. The molecule has 1 amide bonds. The fourth-order valence-electron chi connectivity index (χ4n) is 0.978. The van der Waals surface area contributed by atoms with Crippen molar-refractivity contribution in [3.63, 3.8) is 0 Å². The van der Waals surface area contributed by atoms with E-state index in [0.717, 1.165) is 11.3 Å². The quantitative estimate of drug-likeness (QED) is 0.834. The van der Waals surface area contributed by atoms with Gasteiger partial charge in [0.05, 0.1) is 5.69 Å². The number of oxazole rings is 1. The fraction of sp³-hybridized carbons (Fsp3) is 0.250. The van der Waals surface area contributed by atoms with E-state index in [1.54, 1.807) is 14.0 Å². The van der Waals surface area contributed by atoms with Gasteiger partial charge in [-0.05, 0) is 6.92 Å². The Bertz CT molecular complexity index is 506.